The van der Waals surface area contributed by atoms with Crippen LogP contribution in [0.5, 0.6) is 0 Å². The van der Waals surface area contributed by atoms with Crippen LogP contribution in [0.4, 0.5) is 0 Å². The summed E-state index contributed by atoms with van der Waals surface area (Å²) < 4.78 is 0. The molecule has 0 aliphatic carbocycles. The van der Waals surface area contributed by atoms with Crippen LogP contribution in [-0.2, 0) is 0 Å². The van der Waals surface area contributed by atoms with E-state index in [-0.39, 0.29) is 0 Å². The summed E-state index contributed by atoms with van der Waals surface area (Å²) in [6.45, 7) is 0.791. The molecule has 1 aromatic rings. The maximum absolute atomic E-state index is 4.04. The maximum Gasteiger partial charge on any atom is 0.166 e. The molecule has 11 heavy (non-hydrogen) atoms. The highest BCUT2D eigenvalue weighted by Gasteiger charge is 1.85. The third-order valence-corrected chi connectivity index (χ3v) is 1.71. The van der Waals surface area contributed by atoms with Crippen LogP contribution < -0.4 is 0 Å². The minimum atomic E-state index is 0.791. The summed E-state index contributed by atoms with van der Waals surface area (Å²) in [5.74, 6) is 5.98. The smallest absolute Gasteiger partial charge is 0.166 e. The Kier molecular flexibility index (Phi) is 3.09. The summed E-state index contributed by atoms with van der Waals surface area (Å²) in [7, 11) is 3.99. The van der Waals surface area contributed by atoms with E-state index in [0.29, 0.717) is 0 Å². The van der Waals surface area contributed by atoms with E-state index in [0.717, 1.165) is 11.6 Å². The van der Waals surface area contributed by atoms with Crippen molar-refractivity contribution in [1.82, 2.24) is 9.88 Å². The van der Waals surface area contributed by atoms with Crippen molar-refractivity contribution in [2.45, 2.75) is 0 Å². The lowest BCUT2D eigenvalue weighted by atomic mass is 10.5. The Labute approximate surface area is 70.9 Å². The van der Waals surface area contributed by atoms with Gasteiger partial charge in [0.25, 0.3) is 0 Å². The van der Waals surface area contributed by atoms with E-state index < -0.39 is 0 Å². The van der Waals surface area contributed by atoms with Gasteiger partial charge in [0, 0.05) is 11.6 Å². The topological polar surface area (TPSA) is 16.1 Å². The van der Waals surface area contributed by atoms with Gasteiger partial charge in [-0.1, -0.05) is 5.92 Å². The molecule has 1 rings (SSSR count). The zero-order chi connectivity index (χ0) is 8.10. The molecule has 0 saturated carbocycles. The molecular weight excluding hydrogens is 156 g/mol. The van der Waals surface area contributed by atoms with Gasteiger partial charge in [0.2, 0.25) is 0 Å². The van der Waals surface area contributed by atoms with E-state index in [9.17, 15) is 0 Å². The molecular formula is C8H10N2S. The molecule has 0 spiro atoms. The number of hydrogen-bond acceptors (Lipinski definition) is 3. The van der Waals surface area contributed by atoms with Crippen LogP contribution in [0.2, 0.25) is 0 Å². The molecule has 1 heterocycles. The average Bonchev–Trinajstić information content (AvgIpc) is 2.39. The summed E-state index contributed by atoms with van der Waals surface area (Å²) >= 11 is 1.57. The van der Waals surface area contributed by atoms with Gasteiger partial charge < -0.3 is 0 Å². The Bertz CT molecular complexity index is 253. The van der Waals surface area contributed by atoms with Crippen molar-refractivity contribution in [3.63, 3.8) is 0 Å². The van der Waals surface area contributed by atoms with Crippen LogP contribution in [0.3, 0.4) is 0 Å². The zero-order valence-electron chi connectivity index (χ0n) is 6.66. The molecule has 0 fully saturated rings. The summed E-state index contributed by atoms with van der Waals surface area (Å²) in [5, 5.41) is 2.83. The standard InChI is InChI=1S/C8H10N2S/c1-10(2)6-3-4-8-9-5-7-11-8/h5,7H,6H2,1-2H3. The molecule has 0 aromatic carbocycles. The van der Waals surface area contributed by atoms with E-state index in [1.165, 1.54) is 0 Å². The van der Waals surface area contributed by atoms with Gasteiger partial charge in [0.05, 0.1) is 6.54 Å². The quantitative estimate of drug-likeness (QED) is 0.580. The number of nitrogens with zero attached hydrogens (tertiary/aromatic N) is 2. The van der Waals surface area contributed by atoms with Gasteiger partial charge in [-0.15, -0.1) is 11.3 Å². The van der Waals surface area contributed by atoms with Gasteiger partial charge in [-0.3, -0.25) is 4.90 Å². The fourth-order valence-corrected chi connectivity index (χ4v) is 1.06. The van der Waals surface area contributed by atoms with Gasteiger partial charge in [-0.05, 0) is 20.0 Å². The third-order valence-electron chi connectivity index (χ3n) is 1.02. The first kappa shape index (κ1) is 8.25. The Balaban J connectivity index is 2.46. The van der Waals surface area contributed by atoms with E-state index in [4.69, 9.17) is 0 Å². The lowest BCUT2D eigenvalue weighted by Crippen LogP contribution is -2.10. The van der Waals surface area contributed by atoms with Crippen molar-refractivity contribution >= 4 is 11.3 Å². The first-order valence-corrected chi connectivity index (χ1v) is 4.20. The predicted octanol–water partition coefficient (Wildman–Crippen LogP) is 1.06. The molecule has 0 aliphatic rings. The molecule has 0 saturated heterocycles. The Morgan fingerprint density at radius 1 is 1.64 bits per heavy atom. The van der Waals surface area contributed by atoms with Crippen molar-refractivity contribution < 1.29 is 0 Å². The second-order valence-electron chi connectivity index (χ2n) is 2.38. The third kappa shape index (κ3) is 3.17. The van der Waals surface area contributed by atoms with Gasteiger partial charge in [-0.2, -0.15) is 0 Å². The molecule has 58 valence electrons. The normalized spacial score (nSPS) is 9.36. The van der Waals surface area contributed by atoms with E-state index in [2.05, 4.69) is 16.8 Å². The highest BCUT2D eigenvalue weighted by Crippen LogP contribution is 1.99. The van der Waals surface area contributed by atoms with Crippen molar-refractivity contribution in [3.8, 4) is 11.8 Å². The van der Waals surface area contributed by atoms with Crippen molar-refractivity contribution in [3.05, 3.63) is 16.6 Å². The van der Waals surface area contributed by atoms with Gasteiger partial charge >= 0.3 is 0 Å². The van der Waals surface area contributed by atoms with Gasteiger partial charge in [-0.25, -0.2) is 4.98 Å². The second kappa shape index (κ2) is 4.12. The molecule has 0 radical (unpaired) electrons. The Hall–Kier alpha value is -0.850. The Morgan fingerprint density at radius 3 is 3.00 bits per heavy atom. The number of thiazole rings is 1. The van der Waals surface area contributed by atoms with Crippen molar-refractivity contribution in [2.24, 2.45) is 0 Å². The maximum atomic E-state index is 4.04. The predicted molar refractivity (Wildman–Crippen MR) is 47.5 cm³/mol. The number of hydrogen-bond donors (Lipinski definition) is 0. The van der Waals surface area contributed by atoms with Crippen LogP contribution in [0.15, 0.2) is 11.6 Å². The molecule has 0 atom stereocenters. The summed E-state index contributed by atoms with van der Waals surface area (Å²) in [6.07, 6.45) is 1.77. The average molecular weight is 166 g/mol. The second-order valence-corrected chi connectivity index (χ2v) is 3.27. The lowest BCUT2D eigenvalue weighted by Gasteiger charge is -2.00. The van der Waals surface area contributed by atoms with E-state index >= 15 is 0 Å². The molecule has 1 aromatic heterocycles. The van der Waals surface area contributed by atoms with Crippen LogP contribution in [0, 0.1) is 11.8 Å². The highest BCUT2D eigenvalue weighted by atomic mass is 32.1. The molecule has 0 aliphatic heterocycles. The lowest BCUT2D eigenvalue weighted by molar-refractivity contribution is 0.464. The molecule has 2 nitrogen and oxygen atoms in total. The summed E-state index contributed by atoms with van der Waals surface area (Å²) in [5.41, 5.74) is 0. The molecule has 0 bridgehead atoms. The fraction of sp³-hybridized carbons (Fsp3) is 0.375. The van der Waals surface area contributed by atoms with Gasteiger partial charge in [0.1, 0.15) is 0 Å². The summed E-state index contributed by atoms with van der Waals surface area (Å²) in [4.78, 5) is 6.07. The fourth-order valence-electron chi connectivity index (χ4n) is 0.558. The molecule has 0 amide bonds. The largest absolute Gasteiger partial charge is 0.299 e. The van der Waals surface area contributed by atoms with E-state index in [1.807, 2.05) is 24.4 Å². The highest BCUT2D eigenvalue weighted by molar-refractivity contribution is 7.10. The van der Waals surface area contributed by atoms with Crippen molar-refractivity contribution in [2.75, 3.05) is 20.6 Å². The molecule has 0 N–H and O–H groups in total. The SMILES string of the molecule is CN(C)CC#Cc1nccs1. The molecule has 0 unspecified atom stereocenters. The first-order chi connectivity index (χ1) is 5.29. The van der Waals surface area contributed by atoms with Crippen LogP contribution in [0.1, 0.15) is 5.01 Å². The minimum Gasteiger partial charge on any atom is -0.299 e. The number of aromatic nitrogens is 1. The monoisotopic (exact) mass is 166 g/mol. The Morgan fingerprint density at radius 2 is 2.45 bits per heavy atom. The van der Waals surface area contributed by atoms with Crippen LogP contribution in [-0.4, -0.2) is 30.5 Å². The van der Waals surface area contributed by atoms with Gasteiger partial charge in [0.15, 0.2) is 5.01 Å². The summed E-state index contributed by atoms with van der Waals surface area (Å²) in [6, 6.07) is 0. The van der Waals surface area contributed by atoms with Crippen LogP contribution in [0.25, 0.3) is 0 Å². The first-order valence-electron chi connectivity index (χ1n) is 3.32. The van der Waals surface area contributed by atoms with E-state index in [1.54, 1.807) is 17.5 Å². The zero-order valence-corrected chi connectivity index (χ0v) is 7.48. The molecule has 3 heteroatoms. The van der Waals surface area contributed by atoms with Crippen LogP contribution >= 0.6 is 11.3 Å². The minimum absolute atomic E-state index is 0.791. The van der Waals surface area contributed by atoms with Crippen molar-refractivity contribution in [1.29, 1.82) is 0 Å². The number of rotatable bonds is 1.